The molecular weight excluding hydrogens is 248 g/mol. The van der Waals surface area contributed by atoms with Crippen molar-refractivity contribution in [1.29, 1.82) is 0 Å². The lowest BCUT2D eigenvalue weighted by Crippen LogP contribution is -2.02. The number of nitrogens with zero attached hydrogens (tertiary/aromatic N) is 4. The van der Waals surface area contributed by atoms with Gasteiger partial charge in [-0.1, -0.05) is 17.3 Å². The standard InChI is InChI=1S/C12H14N4O3/c17-8-6-11-9-15(14-13-11)7-5-10-1-3-12(4-2-10)16(18)19/h1-4,9,17H,5-8H2. The van der Waals surface area contributed by atoms with E-state index in [0.717, 1.165) is 17.7 Å². The first-order valence-electron chi connectivity index (χ1n) is 5.92. The first kappa shape index (κ1) is 13.2. The molecule has 0 aliphatic heterocycles. The quantitative estimate of drug-likeness (QED) is 0.618. The molecule has 19 heavy (non-hydrogen) atoms. The minimum Gasteiger partial charge on any atom is -0.396 e. The summed E-state index contributed by atoms with van der Waals surface area (Å²) in [5, 5.41) is 27.2. The summed E-state index contributed by atoms with van der Waals surface area (Å²) in [7, 11) is 0. The Hall–Kier alpha value is -2.28. The molecule has 1 N–H and O–H groups in total. The number of nitro groups is 1. The molecule has 7 heteroatoms. The molecule has 0 amide bonds. The van der Waals surface area contributed by atoms with E-state index in [2.05, 4.69) is 10.3 Å². The smallest absolute Gasteiger partial charge is 0.269 e. The maximum atomic E-state index is 10.5. The summed E-state index contributed by atoms with van der Waals surface area (Å²) < 4.78 is 1.70. The predicted molar refractivity (Wildman–Crippen MR) is 67.6 cm³/mol. The fourth-order valence-corrected chi connectivity index (χ4v) is 1.70. The van der Waals surface area contributed by atoms with Crippen LogP contribution in [0.4, 0.5) is 5.69 Å². The van der Waals surface area contributed by atoms with Gasteiger partial charge in [-0.3, -0.25) is 14.8 Å². The van der Waals surface area contributed by atoms with Gasteiger partial charge in [0, 0.05) is 37.9 Å². The van der Waals surface area contributed by atoms with Crippen LogP contribution in [0.2, 0.25) is 0 Å². The van der Waals surface area contributed by atoms with Crippen LogP contribution in [0.25, 0.3) is 0 Å². The first-order chi connectivity index (χ1) is 9.19. The fraction of sp³-hybridized carbons (Fsp3) is 0.333. The Morgan fingerprint density at radius 2 is 2.00 bits per heavy atom. The van der Waals surface area contributed by atoms with Crippen molar-refractivity contribution in [1.82, 2.24) is 15.0 Å². The topological polar surface area (TPSA) is 94.1 Å². The number of benzene rings is 1. The third kappa shape index (κ3) is 3.59. The number of aliphatic hydroxyl groups excluding tert-OH is 1. The Morgan fingerprint density at radius 1 is 1.26 bits per heavy atom. The Bertz CT molecular complexity index is 550. The molecule has 100 valence electrons. The van der Waals surface area contributed by atoms with E-state index in [1.165, 1.54) is 12.1 Å². The van der Waals surface area contributed by atoms with Gasteiger partial charge < -0.3 is 5.11 Å². The summed E-state index contributed by atoms with van der Waals surface area (Å²) in [4.78, 5) is 10.1. The number of nitro benzene ring substituents is 1. The highest BCUT2D eigenvalue weighted by Crippen LogP contribution is 2.12. The molecule has 0 bridgehead atoms. The van der Waals surface area contributed by atoms with Crippen LogP contribution in [0.3, 0.4) is 0 Å². The van der Waals surface area contributed by atoms with E-state index in [-0.39, 0.29) is 12.3 Å². The molecule has 2 rings (SSSR count). The predicted octanol–water partition coefficient (Wildman–Crippen LogP) is 0.964. The SMILES string of the molecule is O=[N+]([O-])c1ccc(CCn2cc(CCO)nn2)cc1. The molecule has 1 heterocycles. The van der Waals surface area contributed by atoms with Crippen LogP contribution in [0, 0.1) is 10.1 Å². The van der Waals surface area contributed by atoms with Crippen molar-refractivity contribution < 1.29 is 10.0 Å². The lowest BCUT2D eigenvalue weighted by Gasteiger charge is -2.01. The second kappa shape index (κ2) is 6.05. The lowest BCUT2D eigenvalue weighted by atomic mass is 10.1. The summed E-state index contributed by atoms with van der Waals surface area (Å²) in [6, 6.07) is 6.47. The minimum absolute atomic E-state index is 0.0566. The van der Waals surface area contributed by atoms with Gasteiger partial charge in [-0.25, -0.2) is 0 Å². The van der Waals surface area contributed by atoms with Crippen molar-refractivity contribution in [3.8, 4) is 0 Å². The third-order valence-corrected chi connectivity index (χ3v) is 2.73. The number of rotatable bonds is 6. The monoisotopic (exact) mass is 262 g/mol. The van der Waals surface area contributed by atoms with Gasteiger partial charge in [0.2, 0.25) is 0 Å². The van der Waals surface area contributed by atoms with E-state index in [1.807, 2.05) is 0 Å². The van der Waals surface area contributed by atoms with E-state index in [0.29, 0.717) is 13.0 Å². The zero-order valence-electron chi connectivity index (χ0n) is 10.3. The normalized spacial score (nSPS) is 10.6. The molecule has 2 aromatic rings. The second-order valence-corrected chi connectivity index (χ2v) is 4.12. The van der Waals surface area contributed by atoms with Crippen LogP contribution in [0.5, 0.6) is 0 Å². The van der Waals surface area contributed by atoms with Gasteiger partial charge in [-0.2, -0.15) is 0 Å². The Labute approximate surface area is 109 Å². The Morgan fingerprint density at radius 3 is 2.63 bits per heavy atom. The lowest BCUT2D eigenvalue weighted by molar-refractivity contribution is -0.384. The van der Waals surface area contributed by atoms with Crippen molar-refractivity contribution in [2.45, 2.75) is 19.4 Å². The number of aliphatic hydroxyl groups is 1. The zero-order chi connectivity index (χ0) is 13.7. The molecule has 0 fully saturated rings. The summed E-state index contributed by atoms with van der Waals surface area (Å²) >= 11 is 0. The van der Waals surface area contributed by atoms with Gasteiger partial charge in [0.15, 0.2) is 0 Å². The van der Waals surface area contributed by atoms with Crippen molar-refractivity contribution in [3.63, 3.8) is 0 Å². The zero-order valence-corrected chi connectivity index (χ0v) is 10.3. The molecule has 7 nitrogen and oxygen atoms in total. The van der Waals surface area contributed by atoms with E-state index in [1.54, 1.807) is 23.0 Å². The molecule has 1 aromatic heterocycles. The minimum atomic E-state index is -0.414. The van der Waals surface area contributed by atoms with Crippen LogP contribution in [-0.4, -0.2) is 31.6 Å². The van der Waals surface area contributed by atoms with Gasteiger partial charge >= 0.3 is 0 Å². The molecule has 0 spiro atoms. The third-order valence-electron chi connectivity index (χ3n) is 2.73. The van der Waals surface area contributed by atoms with Gasteiger partial charge in [-0.15, -0.1) is 5.10 Å². The molecule has 0 unspecified atom stereocenters. The average molecular weight is 262 g/mol. The maximum absolute atomic E-state index is 10.5. The molecule has 0 atom stereocenters. The molecule has 1 aromatic carbocycles. The molecule has 0 aliphatic rings. The highest BCUT2D eigenvalue weighted by molar-refractivity contribution is 5.32. The highest BCUT2D eigenvalue weighted by Gasteiger charge is 2.04. The number of aryl methyl sites for hydroxylation is 2. The van der Waals surface area contributed by atoms with Gasteiger partial charge in [-0.05, 0) is 12.0 Å². The maximum Gasteiger partial charge on any atom is 0.269 e. The molecule has 0 saturated heterocycles. The Balaban J connectivity index is 1.92. The van der Waals surface area contributed by atoms with Crippen molar-refractivity contribution in [2.24, 2.45) is 0 Å². The van der Waals surface area contributed by atoms with E-state index >= 15 is 0 Å². The molecule has 0 aliphatic carbocycles. The first-order valence-corrected chi connectivity index (χ1v) is 5.92. The van der Waals surface area contributed by atoms with Crippen molar-refractivity contribution in [3.05, 3.63) is 51.8 Å². The van der Waals surface area contributed by atoms with Gasteiger partial charge in [0.05, 0.1) is 10.6 Å². The van der Waals surface area contributed by atoms with E-state index < -0.39 is 4.92 Å². The summed E-state index contributed by atoms with van der Waals surface area (Å²) in [6.07, 6.45) is 3.01. The van der Waals surface area contributed by atoms with Crippen LogP contribution < -0.4 is 0 Å². The fourth-order valence-electron chi connectivity index (χ4n) is 1.70. The number of aromatic nitrogens is 3. The molecular formula is C12H14N4O3. The largest absolute Gasteiger partial charge is 0.396 e. The van der Waals surface area contributed by atoms with Crippen LogP contribution in [-0.2, 0) is 19.4 Å². The number of hydrogen-bond acceptors (Lipinski definition) is 5. The van der Waals surface area contributed by atoms with E-state index in [9.17, 15) is 10.1 Å². The Kier molecular flexibility index (Phi) is 4.19. The second-order valence-electron chi connectivity index (χ2n) is 4.12. The van der Waals surface area contributed by atoms with Crippen molar-refractivity contribution in [2.75, 3.05) is 6.61 Å². The number of non-ortho nitro benzene ring substituents is 1. The molecule has 0 radical (unpaired) electrons. The average Bonchev–Trinajstić information content (AvgIpc) is 2.85. The summed E-state index contributed by atoms with van der Waals surface area (Å²) in [6.45, 7) is 0.706. The van der Waals surface area contributed by atoms with Crippen LogP contribution in [0.1, 0.15) is 11.3 Å². The van der Waals surface area contributed by atoms with Gasteiger partial charge in [0.1, 0.15) is 0 Å². The van der Waals surface area contributed by atoms with Gasteiger partial charge in [0.25, 0.3) is 5.69 Å². The summed E-state index contributed by atoms with van der Waals surface area (Å²) in [5.74, 6) is 0. The highest BCUT2D eigenvalue weighted by atomic mass is 16.6. The molecule has 0 saturated carbocycles. The van der Waals surface area contributed by atoms with E-state index in [4.69, 9.17) is 5.11 Å². The van der Waals surface area contributed by atoms with Crippen LogP contribution >= 0.6 is 0 Å². The van der Waals surface area contributed by atoms with Crippen molar-refractivity contribution >= 4 is 5.69 Å². The number of hydrogen-bond donors (Lipinski definition) is 1. The summed E-state index contributed by atoms with van der Waals surface area (Å²) in [5.41, 5.74) is 1.85. The van der Waals surface area contributed by atoms with Crippen LogP contribution in [0.15, 0.2) is 30.5 Å².